The maximum Gasteiger partial charge on any atom is 0.262 e. The highest BCUT2D eigenvalue weighted by atomic mass is 16.5. The van der Waals surface area contributed by atoms with Gasteiger partial charge in [-0.2, -0.15) is 5.26 Å². The average molecular weight is 398 g/mol. The van der Waals surface area contributed by atoms with Gasteiger partial charge in [0.15, 0.2) is 11.5 Å². The van der Waals surface area contributed by atoms with Crippen molar-refractivity contribution in [3.05, 3.63) is 101 Å². The Balaban J connectivity index is 1.73. The van der Waals surface area contributed by atoms with Crippen molar-refractivity contribution in [3.8, 4) is 17.6 Å². The molecule has 0 aliphatic carbocycles. The zero-order chi connectivity index (χ0) is 21.2. The fourth-order valence-electron chi connectivity index (χ4n) is 2.82. The summed E-state index contributed by atoms with van der Waals surface area (Å²) in [5.74, 6) is 0.691. The first-order valence-electron chi connectivity index (χ1n) is 9.48. The monoisotopic (exact) mass is 398 g/mol. The highest BCUT2D eigenvalue weighted by Gasteiger charge is 2.11. The summed E-state index contributed by atoms with van der Waals surface area (Å²) in [7, 11) is 1.57. The van der Waals surface area contributed by atoms with Crippen molar-refractivity contribution in [1.82, 2.24) is 5.32 Å². The van der Waals surface area contributed by atoms with E-state index in [4.69, 9.17) is 9.47 Å². The standard InChI is InChI=1S/C25H22N2O3/c1-29-23-13-12-21(15-24(23)30-18-20-10-6-3-7-11-20)14-22(16-26)25(28)27-17-19-8-4-2-5-9-19/h2-15H,17-18H2,1H3,(H,27,28)/b22-14+. The molecule has 3 aromatic carbocycles. The molecule has 5 nitrogen and oxygen atoms in total. The van der Waals surface area contributed by atoms with Crippen LogP contribution in [0, 0.1) is 11.3 Å². The Labute approximate surface area is 176 Å². The molecule has 0 aliphatic rings. The third-order valence-electron chi connectivity index (χ3n) is 4.40. The number of nitrogens with zero attached hydrogens (tertiary/aromatic N) is 1. The number of methoxy groups -OCH3 is 1. The van der Waals surface area contributed by atoms with Gasteiger partial charge in [-0.1, -0.05) is 66.7 Å². The summed E-state index contributed by atoms with van der Waals surface area (Å²) in [5, 5.41) is 12.2. The molecule has 0 radical (unpaired) electrons. The largest absolute Gasteiger partial charge is 0.493 e. The molecular weight excluding hydrogens is 376 g/mol. The molecule has 150 valence electrons. The van der Waals surface area contributed by atoms with Gasteiger partial charge in [-0.15, -0.1) is 0 Å². The van der Waals surface area contributed by atoms with E-state index in [1.54, 1.807) is 25.3 Å². The molecule has 3 rings (SSSR count). The molecule has 3 aromatic rings. The Bertz CT molecular complexity index is 1050. The number of nitrogens with one attached hydrogen (secondary N) is 1. The van der Waals surface area contributed by atoms with Gasteiger partial charge in [0.25, 0.3) is 5.91 Å². The predicted octanol–water partition coefficient (Wildman–Crippen LogP) is 4.50. The van der Waals surface area contributed by atoms with E-state index in [1.165, 1.54) is 6.08 Å². The van der Waals surface area contributed by atoms with E-state index in [0.29, 0.717) is 30.2 Å². The smallest absolute Gasteiger partial charge is 0.262 e. The summed E-state index contributed by atoms with van der Waals surface area (Å²) < 4.78 is 11.3. The fourth-order valence-corrected chi connectivity index (χ4v) is 2.82. The normalized spacial score (nSPS) is 10.7. The predicted molar refractivity (Wildman–Crippen MR) is 116 cm³/mol. The van der Waals surface area contributed by atoms with Crippen LogP contribution in [0.3, 0.4) is 0 Å². The number of ether oxygens (including phenoxy) is 2. The molecule has 0 aliphatic heterocycles. The minimum absolute atomic E-state index is 0.0186. The molecule has 0 saturated carbocycles. The first-order chi connectivity index (χ1) is 14.7. The van der Waals surface area contributed by atoms with Crippen molar-refractivity contribution in [1.29, 1.82) is 5.26 Å². The second-order valence-corrected chi connectivity index (χ2v) is 6.52. The van der Waals surface area contributed by atoms with Gasteiger partial charge in [-0.25, -0.2) is 0 Å². The lowest BCUT2D eigenvalue weighted by Gasteiger charge is -2.12. The van der Waals surface area contributed by atoms with E-state index in [0.717, 1.165) is 11.1 Å². The third-order valence-corrected chi connectivity index (χ3v) is 4.40. The SMILES string of the molecule is COc1ccc(/C=C(\C#N)C(=O)NCc2ccccc2)cc1OCc1ccccc1. The fraction of sp³-hybridized carbons (Fsp3) is 0.120. The molecule has 5 heteroatoms. The Morgan fingerprint density at radius 3 is 2.27 bits per heavy atom. The maximum atomic E-state index is 12.4. The van der Waals surface area contributed by atoms with Crippen LogP contribution in [0.15, 0.2) is 84.4 Å². The van der Waals surface area contributed by atoms with E-state index in [1.807, 2.05) is 66.7 Å². The van der Waals surface area contributed by atoms with Crippen LogP contribution in [0.1, 0.15) is 16.7 Å². The van der Waals surface area contributed by atoms with Crippen molar-refractivity contribution < 1.29 is 14.3 Å². The molecule has 0 spiro atoms. The lowest BCUT2D eigenvalue weighted by atomic mass is 10.1. The van der Waals surface area contributed by atoms with Gasteiger partial charge in [0.1, 0.15) is 18.2 Å². The number of hydrogen-bond donors (Lipinski definition) is 1. The zero-order valence-corrected chi connectivity index (χ0v) is 16.7. The van der Waals surface area contributed by atoms with Crippen LogP contribution in [-0.4, -0.2) is 13.0 Å². The van der Waals surface area contributed by atoms with Crippen molar-refractivity contribution in [2.75, 3.05) is 7.11 Å². The zero-order valence-electron chi connectivity index (χ0n) is 16.7. The van der Waals surface area contributed by atoms with Gasteiger partial charge in [-0.05, 0) is 34.9 Å². The Morgan fingerprint density at radius 2 is 1.63 bits per heavy atom. The topological polar surface area (TPSA) is 71.3 Å². The second kappa shape index (κ2) is 10.5. The van der Waals surface area contributed by atoms with Crippen molar-refractivity contribution >= 4 is 12.0 Å². The van der Waals surface area contributed by atoms with E-state index in [9.17, 15) is 10.1 Å². The molecule has 1 N–H and O–H groups in total. The number of nitriles is 1. The molecule has 1 amide bonds. The molecule has 0 atom stereocenters. The summed E-state index contributed by atoms with van der Waals surface area (Å²) in [5.41, 5.74) is 2.68. The summed E-state index contributed by atoms with van der Waals surface area (Å²) in [6.45, 7) is 0.736. The number of amides is 1. The van der Waals surface area contributed by atoms with Crippen molar-refractivity contribution in [3.63, 3.8) is 0 Å². The average Bonchev–Trinajstić information content (AvgIpc) is 2.81. The van der Waals surface area contributed by atoms with Crippen LogP contribution in [0.5, 0.6) is 11.5 Å². The highest BCUT2D eigenvalue weighted by Crippen LogP contribution is 2.29. The number of carbonyl (C=O) groups excluding carboxylic acids is 1. The van der Waals surface area contributed by atoms with E-state index >= 15 is 0 Å². The lowest BCUT2D eigenvalue weighted by molar-refractivity contribution is -0.117. The number of carbonyl (C=O) groups is 1. The third kappa shape index (κ3) is 5.73. The highest BCUT2D eigenvalue weighted by molar-refractivity contribution is 6.01. The minimum atomic E-state index is -0.427. The summed E-state index contributed by atoms with van der Waals surface area (Å²) in [6.07, 6.45) is 1.54. The van der Waals surface area contributed by atoms with E-state index in [2.05, 4.69) is 5.32 Å². The van der Waals surface area contributed by atoms with Crippen molar-refractivity contribution in [2.45, 2.75) is 13.2 Å². The van der Waals surface area contributed by atoms with Crippen LogP contribution in [-0.2, 0) is 17.9 Å². The van der Waals surface area contributed by atoms with Crippen LogP contribution in [0.4, 0.5) is 0 Å². The quantitative estimate of drug-likeness (QED) is 0.448. The lowest BCUT2D eigenvalue weighted by Crippen LogP contribution is -2.23. The molecule has 0 bridgehead atoms. The maximum absolute atomic E-state index is 12.4. The van der Waals surface area contributed by atoms with Gasteiger partial charge in [0.05, 0.1) is 7.11 Å². The van der Waals surface area contributed by atoms with Crippen LogP contribution >= 0.6 is 0 Å². The van der Waals surface area contributed by atoms with E-state index in [-0.39, 0.29) is 5.57 Å². The number of benzene rings is 3. The molecular formula is C25H22N2O3. The van der Waals surface area contributed by atoms with Gasteiger partial charge in [0.2, 0.25) is 0 Å². The van der Waals surface area contributed by atoms with Crippen LogP contribution < -0.4 is 14.8 Å². The second-order valence-electron chi connectivity index (χ2n) is 6.52. The first kappa shape index (κ1) is 20.7. The van der Waals surface area contributed by atoms with Crippen LogP contribution in [0.25, 0.3) is 6.08 Å². The van der Waals surface area contributed by atoms with Gasteiger partial charge in [-0.3, -0.25) is 4.79 Å². The Hall–Kier alpha value is -4.04. The molecule has 0 fully saturated rings. The molecule has 0 aromatic heterocycles. The van der Waals surface area contributed by atoms with Gasteiger partial charge < -0.3 is 14.8 Å². The molecule has 30 heavy (non-hydrogen) atoms. The van der Waals surface area contributed by atoms with Crippen molar-refractivity contribution in [2.24, 2.45) is 0 Å². The molecule has 0 heterocycles. The van der Waals surface area contributed by atoms with Gasteiger partial charge in [0, 0.05) is 6.54 Å². The Kier molecular flexibility index (Phi) is 7.23. The van der Waals surface area contributed by atoms with Crippen LogP contribution in [0.2, 0.25) is 0 Å². The van der Waals surface area contributed by atoms with E-state index < -0.39 is 5.91 Å². The molecule has 0 saturated heterocycles. The number of rotatable bonds is 8. The number of hydrogen-bond acceptors (Lipinski definition) is 4. The minimum Gasteiger partial charge on any atom is -0.493 e. The summed E-state index contributed by atoms with van der Waals surface area (Å²) in [6, 6.07) is 26.6. The summed E-state index contributed by atoms with van der Waals surface area (Å²) in [4.78, 5) is 12.4. The summed E-state index contributed by atoms with van der Waals surface area (Å²) >= 11 is 0. The van der Waals surface area contributed by atoms with Gasteiger partial charge >= 0.3 is 0 Å². The molecule has 0 unspecified atom stereocenters. The first-order valence-corrected chi connectivity index (χ1v) is 9.48. The Morgan fingerprint density at radius 1 is 0.967 bits per heavy atom.